The molecular formula is C17H25N3O2. The molecule has 2 N–H and O–H groups in total. The van der Waals surface area contributed by atoms with Gasteiger partial charge in [-0.05, 0) is 56.9 Å². The first-order chi connectivity index (χ1) is 10.8. The van der Waals surface area contributed by atoms with Gasteiger partial charge in [0, 0.05) is 6.54 Å². The fraction of sp³-hybridized carbons (Fsp3) is 0.588. The van der Waals surface area contributed by atoms with E-state index < -0.39 is 0 Å². The maximum absolute atomic E-state index is 12.3. The molecule has 0 aliphatic carbocycles. The van der Waals surface area contributed by atoms with Crippen LogP contribution in [0.1, 0.15) is 13.3 Å². The summed E-state index contributed by atoms with van der Waals surface area (Å²) in [5, 5.41) is 6.44. The Bertz CT molecular complexity index is 520. The lowest BCUT2D eigenvalue weighted by atomic mass is 9.89. The van der Waals surface area contributed by atoms with Gasteiger partial charge in [0.2, 0.25) is 5.91 Å². The molecule has 1 aromatic carbocycles. The van der Waals surface area contributed by atoms with E-state index in [1.165, 1.54) is 6.42 Å². The third-order valence-corrected chi connectivity index (χ3v) is 4.62. The molecule has 5 heteroatoms. The second-order valence-electron chi connectivity index (χ2n) is 6.18. The largest absolute Gasteiger partial charge is 0.492 e. The summed E-state index contributed by atoms with van der Waals surface area (Å²) in [4.78, 5) is 14.6. The van der Waals surface area contributed by atoms with E-state index in [0.717, 1.165) is 43.5 Å². The van der Waals surface area contributed by atoms with Crippen molar-refractivity contribution in [3.63, 3.8) is 0 Å². The third kappa shape index (κ3) is 3.59. The number of rotatable bonds is 5. The molecule has 1 amide bonds. The molecule has 0 aromatic heterocycles. The summed E-state index contributed by atoms with van der Waals surface area (Å²) < 4.78 is 5.55. The van der Waals surface area contributed by atoms with Crippen LogP contribution in [0.4, 0.5) is 5.69 Å². The summed E-state index contributed by atoms with van der Waals surface area (Å²) in [5.41, 5.74) is 0.756. The van der Waals surface area contributed by atoms with E-state index >= 15 is 0 Å². The lowest BCUT2D eigenvalue weighted by Crippen LogP contribution is -2.43. The number of piperidine rings is 1. The first kappa shape index (κ1) is 15.3. The van der Waals surface area contributed by atoms with Crippen LogP contribution < -0.4 is 15.4 Å². The summed E-state index contributed by atoms with van der Waals surface area (Å²) in [7, 11) is 0. The zero-order valence-electron chi connectivity index (χ0n) is 13.2. The minimum atomic E-state index is 0.0385. The number of carbonyl (C=O) groups is 1. The van der Waals surface area contributed by atoms with Crippen LogP contribution in [0, 0.1) is 11.8 Å². The third-order valence-electron chi connectivity index (χ3n) is 4.62. The lowest BCUT2D eigenvalue weighted by molar-refractivity contribution is -0.117. The maximum atomic E-state index is 12.3. The van der Waals surface area contributed by atoms with Crippen molar-refractivity contribution in [3.05, 3.63) is 24.3 Å². The fourth-order valence-electron chi connectivity index (χ4n) is 3.50. The number of likely N-dealkylation sites (tertiary alicyclic amines) is 1. The molecule has 0 saturated carbocycles. The van der Waals surface area contributed by atoms with Gasteiger partial charge in [-0.25, -0.2) is 0 Å². The average molecular weight is 303 g/mol. The number of carbonyl (C=O) groups excluding carboxylic acids is 1. The number of nitrogens with zero attached hydrogens (tertiary/aromatic N) is 1. The Balaban J connectivity index is 1.54. The molecule has 120 valence electrons. The van der Waals surface area contributed by atoms with Crippen molar-refractivity contribution in [1.82, 2.24) is 10.2 Å². The highest BCUT2D eigenvalue weighted by Gasteiger charge is 2.33. The number of amides is 1. The molecule has 0 bridgehead atoms. The Hall–Kier alpha value is -1.59. The van der Waals surface area contributed by atoms with E-state index in [2.05, 4.69) is 15.5 Å². The Labute approximate surface area is 132 Å². The molecule has 0 spiro atoms. The standard InChI is InChI=1S/C17H25N3O2/c1-2-22-16-6-4-3-5-15(16)19-17(21)12-20-8-7-13-9-18-10-14(13)11-20/h3-6,13-14,18H,2,7-12H2,1H3,(H,19,21). The van der Waals surface area contributed by atoms with Gasteiger partial charge in [-0.15, -0.1) is 0 Å². The minimum absolute atomic E-state index is 0.0385. The highest BCUT2D eigenvalue weighted by molar-refractivity contribution is 5.93. The number of benzene rings is 1. The number of hydrogen-bond donors (Lipinski definition) is 2. The van der Waals surface area contributed by atoms with Gasteiger partial charge in [0.25, 0.3) is 0 Å². The summed E-state index contributed by atoms with van der Waals surface area (Å²) in [5.74, 6) is 2.28. The first-order valence-electron chi connectivity index (χ1n) is 8.21. The molecule has 5 nitrogen and oxygen atoms in total. The highest BCUT2D eigenvalue weighted by Crippen LogP contribution is 2.27. The van der Waals surface area contributed by atoms with Gasteiger partial charge >= 0.3 is 0 Å². The Morgan fingerprint density at radius 1 is 1.36 bits per heavy atom. The number of fused-ring (bicyclic) bond motifs is 1. The summed E-state index contributed by atoms with van der Waals surface area (Å²) in [6, 6.07) is 7.59. The van der Waals surface area contributed by atoms with Crippen LogP contribution in [0.3, 0.4) is 0 Å². The smallest absolute Gasteiger partial charge is 0.238 e. The van der Waals surface area contributed by atoms with Gasteiger partial charge in [-0.1, -0.05) is 12.1 Å². The molecule has 2 aliphatic rings. The van der Waals surface area contributed by atoms with Crippen LogP contribution in [-0.4, -0.2) is 50.1 Å². The molecule has 2 unspecified atom stereocenters. The topological polar surface area (TPSA) is 53.6 Å². The SMILES string of the molecule is CCOc1ccccc1NC(=O)CN1CCC2CNCC2C1. The minimum Gasteiger partial charge on any atom is -0.492 e. The number of anilines is 1. The summed E-state index contributed by atoms with van der Waals surface area (Å²) in [6.45, 7) is 7.28. The Morgan fingerprint density at radius 3 is 3.05 bits per heavy atom. The second-order valence-corrected chi connectivity index (χ2v) is 6.18. The van der Waals surface area contributed by atoms with Crippen LogP contribution in [0.2, 0.25) is 0 Å². The van der Waals surface area contributed by atoms with Crippen molar-refractivity contribution >= 4 is 11.6 Å². The van der Waals surface area contributed by atoms with Crippen molar-refractivity contribution in [2.24, 2.45) is 11.8 Å². The van der Waals surface area contributed by atoms with Crippen LogP contribution in [0.5, 0.6) is 5.75 Å². The number of para-hydroxylation sites is 2. The van der Waals surface area contributed by atoms with Crippen LogP contribution in [0.15, 0.2) is 24.3 Å². The molecule has 3 rings (SSSR count). The molecule has 2 atom stereocenters. The Morgan fingerprint density at radius 2 is 2.18 bits per heavy atom. The fourth-order valence-corrected chi connectivity index (χ4v) is 3.50. The van der Waals surface area contributed by atoms with Gasteiger partial charge in [0.05, 0.1) is 18.8 Å². The second kappa shape index (κ2) is 7.11. The number of nitrogens with one attached hydrogen (secondary N) is 2. The van der Waals surface area contributed by atoms with E-state index in [1.807, 2.05) is 31.2 Å². The zero-order valence-corrected chi connectivity index (χ0v) is 13.2. The van der Waals surface area contributed by atoms with Gasteiger partial charge < -0.3 is 15.4 Å². The van der Waals surface area contributed by atoms with Gasteiger partial charge in [0.1, 0.15) is 5.75 Å². The van der Waals surface area contributed by atoms with Crippen LogP contribution in [0.25, 0.3) is 0 Å². The predicted octanol–water partition coefficient (Wildman–Crippen LogP) is 1.57. The normalized spacial score (nSPS) is 24.8. The van der Waals surface area contributed by atoms with Crippen molar-refractivity contribution in [2.75, 3.05) is 44.6 Å². The lowest BCUT2D eigenvalue weighted by Gasteiger charge is -2.33. The van der Waals surface area contributed by atoms with Gasteiger partial charge in [-0.2, -0.15) is 0 Å². The predicted molar refractivity (Wildman–Crippen MR) is 87.1 cm³/mol. The Kier molecular flexibility index (Phi) is 4.95. The molecule has 2 saturated heterocycles. The van der Waals surface area contributed by atoms with E-state index in [1.54, 1.807) is 0 Å². The van der Waals surface area contributed by atoms with Crippen molar-refractivity contribution in [3.8, 4) is 5.75 Å². The molecular weight excluding hydrogens is 278 g/mol. The van der Waals surface area contributed by atoms with Gasteiger partial charge in [0.15, 0.2) is 0 Å². The van der Waals surface area contributed by atoms with E-state index in [0.29, 0.717) is 19.1 Å². The first-order valence-corrected chi connectivity index (χ1v) is 8.21. The zero-order chi connectivity index (χ0) is 15.4. The molecule has 2 fully saturated rings. The summed E-state index contributed by atoms with van der Waals surface area (Å²) >= 11 is 0. The number of ether oxygens (including phenoxy) is 1. The molecule has 22 heavy (non-hydrogen) atoms. The maximum Gasteiger partial charge on any atom is 0.238 e. The number of hydrogen-bond acceptors (Lipinski definition) is 4. The van der Waals surface area contributed by atoms with Gasteiger partial charge in [-0.3, -0.25) is 9.69 Å². The average Bonchev–Trinajstić information content (AvgIpc) is 2.97. The van der Waals surface area contributed by atoms with Crippen molar-refractivity contribution < 1.29 is 9.53 Å². The van der Waals surface area contributed by atoms with E-state index in [-0.39, 0.29) is 5.91 Å². The highest BCUT2D eigenvalue weighted by atomic mass is 16.5. The monoisotopic (exact) mass is 303 g/mol. The molecule has 2 aliphatic heterocycles. The summed E-state index contributed by atoms with van der Waals surface area (Å²) in [6.07, 6.45) is 1.19. The quantitative estimate of drug-likeness (QED) is 0.867. The molecule has 1 aromatic rings. The van der Waals surface area contributed by atoms with Crippen LogP contribution >= 0.6 is 0 Å². The van der Waals surface area contributed by atoms with Crippen molar-refractivity contribution in [1.29, 1.82) is 0 Å². The van der Waals surface area contributed by atoms with Crippen LogP contribution in [-0.2, 0) is 4.79 Å². The van der Waals surface area contributed by atoms with E-state index in [9.17, 15) is 4.79 Å². The molecule has 2 heterocycles. The molecule has 0 radical (unpaired) electrons. The van der Waals surface area contributed by atoms with Crippen molar-refractivity contribution in [2.45, 2.75) is 13.3 Å². The van der Waals surface area contributed by atoms with E-state index in [4.69, 9.17) is 4.74 Å².